The van der Waals surface area contributed by atoms with Gasteiger partial charge in [0.05, 0.1) is 5.39 Å². The van der Waals surface area contributed by atoms with Crippen LogP contribution in [0.4, 0.5) is 11.8 Å². The van der Waals surface area contributed by atoms with Crippen molar-refractivity contribution in [3.8, 4) is 11.1 Å². The summed E-state index contributed by atoms with van der Waals surface area (Å²) in [6, 6.07) is 16.4. The second-order valence-electron chi connectivity index (χ2n) is 5.09. The minimum atomic E-state index is 0.133. The second-order valence-corrected chi connectivity index (χ2v) is 5.09. The first-order valence-electron chi connectivity index (χ1n) is 6.89. The van der Waals surface area contributed by atoms with Gasteiger partial charge in [-0.2, -0.15) is 9.97 Å². The van der Waals surface area contributed by atoms with Gasteiger partial charge < -0.3 is 11.5 Å². The molecule has 5 heteroatoms. The minimum Gasteiger partial charge on any atom is -0.383 e. The Hall–Kier alpha value is -3.21. The van der Waals surface area contributed by atoms with Crippen molar-refractivity contribution in [1.29, 1.82) is 0 Å². The summed E-state index contributed by atoms with van der Waals surface area (Å²) in [5, 5.41) is 3.09. The van der Waals surface area contributed by atoms with Crippen LogP contribution in [-0.2, 0) is 0 Å². The fourth-order valence-corrected chi connectivity index (χ4v) is 2.70. The third-order valence-electron chi connectivity index (χ3n) is 3.70. The fraction of sp³-hybridized carbons (Fsp3) is 0. The van der Waals surface area contributed by atoms with Gasteiger partial charge in [-0.1, -0.05) is 36.4 Å². The summed E-state index contributed by atoms with van der Waals surface area (Å²) in [5.41, 5.74) is 14.2. The Kier molecular flexibility index (Phi) is 2.66. The first-order chi connectivity index (χ1) is 10.7. The third kappa shape index (κ3) is 1.91. The van der Waals surface area contributed by atoms with Crippen molar-refractivity contribution in [3.05, 3.63) is 54.7 Å². The van der Waals surface area contributed by atoms with E-state index in [1.807, 2.05) is 18.2 Å². The molecule has 0 saturated carbocycles. The van der Waals surface area contributed by atoms with E-state index in [9.17, 15) is 0 Å². The van der Waals surface area contributed by atoms with Crippen LogP contribution in [0, 0.1) is 0 Å². The Morgan fingerprint density at radius 1 is 0.818 bits per heavy atom. The maximum absolute atomic E-state index is 6.04. The zero-order chi connectivity index (χ0) is 15.1. The highest BCUT2D eigenvalue weighted by Gasteiger charge is 2.11. The van der Waals surface area contributed by atoms with Crippen molar-refractivity contribution in [3.63, 3.8) is 0 Å². The molecule has 0 saturated heterocycles. The molecule has 0 fully saturated rings. The lowest BCUT2D eigenvalue weighted by molar-refractivity contribution is 1.20. The average molecular weight is 287 g/mol. The number of hydrogen-bond donors (Lipinski definition) is 2. The standard InChI is InChI=1S/C17H13N5/c18-15-14-13(7-8-20-16(14)22-17(19)21-15)12-6-5-10-3-1-2-4-11(10)9-12/h1-9H,(H4,18,19,20,21,22). The van der Waals surface area contributed by atoms with E-state index < -0.39 is 0 Å². The molecule has 0 aliphatic rings. The molecular weight excluding hydrogens is 274 g/mol. The van der Waals surface area contributed by atoms with Crippen LogP contribution in [-0.4, -0.2) is 15.0 Å². The Morgan fingerprint density at radius 2 is 1.64 bits per heavy atom. The van der Waals surface area contributed by atoms with Crippen molar-refractivity contribution in [2.45, 2.75) is 0 Å². The molecule has 0 atom stereocenters. The third-order valence-corrected chi connectivity index (χ3v) is 3.70. The number of nitrogens with two attached hydrogens (primary N) is 2. The minimum absolute atomic E-state index is 0.133. The largest absolute Gasteiger partial charge is 0.383 e. The molecule has 2 aromatic heterocycles. The summed E-state index contributed by atoms with van der Waals surface area (Å²) in [6.45, 7) is 0. The Morgan fingerprint density at radius 3 is 2.50 bits per heavy atom. The molecule has 2 heterocycles. The number of anilines is 2. The quantitative estimate of drug-likeness (QED) is 0.561. The van der Waals surface area contributed by atoms with E-state index in [2.05, 4.69) is 45.3 Å². The van der Waals surface area contributed by atoms with Crippen molar-refractivity contribution in [2.24, 2.45) is 0 Å². The van der Waals surface area contributed by atoms with Crippen molar-refractivity contribution < 1.29 is 0 Å². The number of fused-ring (bicyclic) bond motifs is 2. The lowest BCUT2D eigenvalue weighted by Gasteiger charge is -2.09. The lowest BCUT2D eigenvalue weighted by atomic mass is 9.99. The molecule has 4 aromatic rings. The summed E-state index contributed by atoms with van der Waals surface area (Å²) in [6.07, 6.45) is 1.71. The molecule has 0 amide bonds. The van der Waals surface area contributed by atoms with Gasteiger partial charge >= 0.3 is 0 Å². The van der Waals surface area contributed by atoms with Gasteiger partial charge in [0.25, 0.3) is 0 Å². The topological polar surface area (TPSA) is 90.7 Å². The van der Waals surface area contributed by atoms with Crippen LogP contribution in [0.5, 0.6) is 0 Å². The van der Waals surface area contributed by atoms with Crippen LogP contribution < -0.4 is 11.5 Å². The van der Waals surface area contributed by atoms with Crippen molar-refractivity contribution in [2.75, 3.05) is 11.5 Å². The number of rotatable bonds is 1. The predicted molar refractivity (Wildman–Crippen MR) is 89.1 cm³/mol. The summed E-state index contributed by atoms with van der Waals surface area (Å²) in [7, 11) is 0. The highest BCUT2D eigenvalue weighted by atomic mass is 15.1. The smallest absolute Gasteiger partial charge is 0.224 e. The van der Waals surface area contributed by atoms with Crippen molar-refractivity contribution in [1.82, 2.24) is 15.0 Å². The van der Waals surface area contributed by atoms with E-state index in [1.165, 1.54) is 10.8 Å². The average Bonchev–Trinajstić information content (AvgIpc) is 2.53. The van der Waals surface area contributed by atoms with Crippen LogP contribution in [0.2, 0.25) is 0 Å². The van der Waals surface area contributed by atoms with E-state index in [0.717, 1.165) is 16.5 Å². The van der Waals surface area contributed by atoms with E-state index in [-0.39, 0.29) is 5.95 Å². The molecule has 0 unspecified atom stereocenters. The molecular formula is C17H13N5. The number of nitrogen functional groups attached to an aromatic ring is 2. The Balaban J connectivity index is 2.03. The zero-order valence-corrected chi connectivity index (χ0v) is 11.7. The van der Waals surface area contributed by atoms with Crippen LogP contribution in [0.1, 0.15) is 0 Å². The number of pyridine rings is 1. The zero-order valence-electron chi connectivity index (χ0n) is 11.7. The van der Waals surface area contributed by atoms with Crippen LogP contribution in [0.3, 0.4) is 0 Å². The van der Waals surface area contributed by atoms with Gasteiger partial charge in [-0.3, -0.25) is 0 Å². The highest BCUT2D eigenvalue weighted by Crippen LogP contribution is 2.32. The monoisotopic (exact) mass is 287 g/mol. The number of benzene rings is 2. The van der Waals surface area contributed by atoms with Gasteiger partial charge in [-0.05, 0) is 34.0 Å². The summed E-state index contributed by atoms with van der Waals surface area (Å²) in [5.74, 6) is 0.479. The van der Waals surface area contributed by atoms with Gasteiger partial charge in [-0.15, -0.1) is 0 Å². The van der Waals surface area contributed by atoms with E-state index in [4.69, 9.17) is 11.5 Å². The van der Waals surface area contributed by atoms with E-state index >= 15 is 0 Å². The predicted octanol–water partition coefficient (Wildman–Crippen LogP) is 3.01. The Bertz CT molecular complexity index is 1010. The first-order valence-corrected chi connectivity index (χ1v) is 6.89. The molecule has 22 heavy (non-hydrogen) atoms. The van der Waals surface area contributed by atoms with E-state index in [1.54, 1.807) is 6.20 Å². The molecule has 4 rings (SSSR count). The molecule has 4 N–H and O–H groups in total. The first kappa shape index (κ1) is 12.5. The molecule has 0 aliphatic heterocycles. The molecule has 0 spiro atoms. The van der Waals surface area contributed by atoms with Crippen LogP contribution in [0.25, 0.3) is 32.9 Å². The Labute approximate surface area is 126 Å². The van der Waals surface area contributed by atoms with Crippen LogP contribution >= 0.6 is 0 Å². The molecule has 106 valence electrons. The molecule has 5 nitrogen and oxygen atoms in total. The van der Waals surface area contributed by atoms with Gasteiger partial charge in [0.1, 0.15) is 5.82 Å². The normalized spacial score (nSPS) is 11.1. The van der Waals surface area contributed by atoms with Crippen LogP contribution in [0.15, 0.2) is 54.7 Å². The van der Waals surface area contributed by atoms with Crippen molar-refractivity contribution >= 4 is 33.6 Å². The van der Waals surface area contributed by atoms with Gasteiger partial charge in [0, 0.05) is 6.20 Å². The number of hydrogen-bond acceptors (Lipinski definition) is 5. The van der Waals surface area contributed by atoms with Gasteiger partial charge in [0.15, 0.2) is 5.65 Å². The molecule has 0 aliphatic carbocycles. The summed E-state index contributed by atoms with van der Waals surface area (Å²) < 4.78 is 0. The lowest BCUT2D eigenvalue weighted by Crippen LogP contribution is -2.02. The molecule has 0 radical (unpaired) electrons. The number of aromatic nitrogens is 3. The van der Waals surface area contributed by atoms with Gasteiger partial charge in [-0.25, -0.2) is 4.98 Å². The molecule has 0 bridgehead atoms. The molecule has 2 aromatic carbocycles. The SMILES string of the molecule is Nc1nc(N)c2c(-c3ccc4ccccc4c3)ccnc2n1. The van der Waals surface area contributed by atoms with E-state index in [0.29, 0.717) is 11.5 Å². The maximum Gasteiger partial charge on any atom is 0.224 e. The van der Waals surface area contributed by atoms with Gasteiger partial charge in [0.2, 0.25) is 5.95 Å². The number of nitrogens with zero attached hydrogens (tertiary/aromatic N) is 3. The fourth-order valence-electron chi connectivity index (χ4n) is 2.70. The highest BCUT2D eigenvalue weighted by molar-refractivity contribution is 6.01. The maximum atomic E-state index is 6.04. The second kappa shape index (κ2) is 4.66. The summed E-state index contributed by atoms with van der Waals surface area (Å²) >= 11 is 0. The summed E-state index contributed by atoms with van der Waals surface area (Å²) in [4.78, 5) is 12.5.